The average Bonchev–Trinajstić information content (AvgIpc) is 2.47. The highest BCUT2D eigenvalue weighted by Crippen LogP contribution is 2.21. The van der Waals surface area contributed by atoms with Crippen LogP contribution in [0.15, 0.2) is 30.3 Å². The summed E-state index contributed by atoms with van der Waals surface area (Å²) in [6.07, 6.45) is 4.56. The lowest BCUT2D eigenvalue weighted by Crippen LogP contribution is -2.47. The molecule has 1 aliphatic rings. The number of hydrogen-bond acceptors (Lipinski definition) is 2. The van der Waals surface area contributed by atoms with Gasteiger partial charge in [0.05, 0.1) is 0 Å². The summed E-state index contributed by atoms with van der Waals surface area (Å²) < 4.78 is 0. The molecule has 0 aromatic heterocycles. The zero-order valence-electron chi connectivity index (χ0n) is 12.1. The number of carbonyl (C=O) groups is 2. The molecule has 0 radical (unpaired) electrons. The van der Waals surface area contributed by atoms with Crippen LogP contribution in [0.5, 0.6) is 0 Å². The smallest absolute Gasteiger partial charge is 0.262 e. The molecule has 1 aromatic carbocycles. The molecule has 1 fully saturated rings. The van der Waals surface area contributed by atoms with Crippen LogP contribution < -0.4 is 5.43 Å². The molecule has 5 heteroatoms. The predicted molar refractivity (Wildman–Crippen MR) is 83.4 cm³/mol. The molecule has 0 aliphatic carbocycles. The van der Waals surface area contributed by atoms with Gasteiger partial charge >= 0.3 is 0 Å². The average molecular weight is 307 g/mol. The number of nitrogens with zero attached hydrogens (tertiary/aromatic N) is 1. The maximum atomic E-state index is 12.1. The molecular formula is C16H19ClN2O2. The second-order valence-corrected chi connectivity index (χ2v) is 5.45. The Kier molecular flexibility index (Phi) is 5.39. The summed E-state index contributed by atoms with van der Waals surface area (Å²) in [7, 11) is 0. The van der Waals surface area contributed by atoms with E-state index in [2.05, 4.69) is 5.43 Å². The molecule has 1 aliphatic heterocycles. The Morgan fingerprint density at radius 2 is 2.24 bits per heavy atom. The van der Waals surface area contributed by atoms with Crippen molar-refractivity contribution in [1.82, 2.24) is 10.4 Å². The van der Waals surface area contributed by atoms with E-state index in [4.69, 9.17) is 11.6 Å². The molecule has 2 rings (SSSR count). The van der Waals surface area contributed by atoms with Gasteiger partial charge in [-0.25, -0.2) is 0 Å². The minimum Gasteiger partial charge on any atom is -0.273 e. The van der Waals surface area contributed by atoms with Gasteiger partial charge < -0.3 is 0 Å². The lowest BCUT2D eigenvalue weighted by molar-refractivity contribution is -0.141. The van der Waals surface area contributed by atoms with Crippen LogP contribution in [0, 0.1) is 0 Å². The third-order valence-corrected chi connectivity index (χ3v) is 3.69. The van der Waals surface area contributed by atoms with Crippen molar-refractivity contribution in [2.45, 2.75) is 32.6 Å². The first kappa shape index (κ1) is 15.6. The van der Waals surface area contributed by atoms with E-state index in [1.165, 1.54) is 11.1 Å². The third kappa shape index (κ3) is 4.33. The zero-order chi connectivity index (χ0) is 15.2. The summed E-state index contributed by atoms with van der Waals surface area (Å²) >= 11 is 5.98. The maximum absolute atomic E-state index is 12.1. The van der Waals surface area contributed by atoms with Crippen molar-refractivity contribution >= 4 is 29.0 Å². The number of hydrogen-bond donors (Lipinski definition) is 1. The molecule has 0 bridgehead atoms. The molecule has 2 amide bonds. The summed E-state index contributed by atoms with van der Waals surface area (Å²) in [5.74, 6) is -0.300. The number of benzene rings is 1. The lowest BCUT2D eigenvalue weighted by Gasteiger charge is -2.26. The van der Waals surface area contributed by atoms with Crippen LogP contribution in [-0.4, -0.2) is 23.4 Å². The number of carbonyl (C=O) groups excluding carboxylic acids is 2. The van der Waals surface area contributed by atoms with E-state index in [9.17, 15) is 9.59 Å². The number of allylic oxidation sites excluding steroid dienone is 1. The molecule has 4 nitrogen and oxygen atoms in total. The van der Waals surface area contributed by atoms with Gasteiger partial charge in [-0.2, -0.15) is 0 Å². The topological polar surface area (TPSA) is 49.4 Å². The Labute approximate surface area is 129 Å². The normalized spacial score (nSPS) is 16.0. The van der Waals surface area contributed by atoms with E-state index >= 15 is 0 Å². The van der Waals surface area contributed by atoms with Crippen LogP contribution in [0.2, 0.25) is 5.02 Å². The lowest BCUT2D eigenvalue weighted by atomic mass is 10.0. The van der Waals surface area contributed by atoms with E-state index in [1.54, 1.807) is 6.07 Å². The molecule has 0 saturated carbocycles. The van der Waals surface area contributed by atoms with Gasteiger partial charge in [0, 0.05) is 24.1 Å². The van der Waals surface area contributed by atoms with Crippen molar-refractivity contribution in [2.75, 3.05) is 6.54 Å². The number of amides is 2. The molecule has 1 heterocycles. The van der Waals surface area contributed by atoms with E-state index in [1.807, 2.05) is 25.1 Å². The van der Waals surface area contributed by atoms with Gasteiger partial charge in [-0.05, 0) is 42.5 Å². The van der Waals surface area contributed by atoms with Gasteiger partial charge in [0.15, 0.2) is 0 Å². The number of rotatable bonds is 4. The highest BCUT2D eigenvalue weighted by atomic mass is 35.5. The molecule has 0 atom stereocenters. The van der Waals surface area contributed by atoms with Crippen LogP contribution in [0.4, 0.5) is 0 Å². The summed E-state index contributed by atoms with van der Waals surface area (Å²) in [6, 6.07) is 7.40. The molecule has 21 heavy (non-hydrogen) atoms. The Morgan fingerprint density at radius 1 is 1.43 bits per heavy atom. The van der Waals surface area contributed by atoms with Crippen molar-refractivity contribution in [3.8, 4) is 0 Å². The maximum Gasteiger partial charge on any atom is 0.262 e. The Bertz CT molecular complexity index is 569. The molecule has 1 aromatic rings. The first-order chi connectivity index (χ1) is 10.1. The molecule has 112 valence electrons. The van der Waals surface area contributed by atoms with Gasteiger partial charge in [0.1, 0.15) is 0 Å². The van der Waals surface area contributed by atoms with Crippen molar-refractivity contribution in [3.63, 3.8) is 0 Å². The van der Waals surface area contributed by atoms with Crippen LogP contribution in [-0.2, 0) is 9.59 Å². The summed E-state index contributed by atoms with van der Waals surface area (Å²) in [5, 5.41) is 2.05. The highest BCUT2D eigenvalue weighted by molar-refractivity contribution is 6.30. The van der Waals surface area contributed by atoms with Crippen LogP contribution >= 0.6 is 11.6 Å². The third-order valence-electron chi connectivity index (χ3n) is 3.45. The largest absolute Gasteiger partial charge is 0.273 e. The van der Waals surface area contributed by atoms with Crippen LogP contribution in [0.1, 0.15) is 38.2 Å². The van der Waals surface area contributed by atoms with Gasteiger partial charge in [0.25, 0.3) is 5.91 Å². The number of piperidine rings is 1. The van der Waals surface area contributed by atoms with Gasteiger partial charge in [-0.1, -0.05) is 30.7 Å². The molecular weight excluding hydrogens is 288 g/mol. The summed E-state index contributed by atoms with van der Waals surface area (Å²) in [6.45, 7) is 2.56. The Hall–Kier alpha value is -1.81. The monoisotopic (exact) mass is 306 g/mol. The van der Waals surface area contributed by atoms with Gasteiger partial charge in [0.2, 0.25) is 5.91 Å². The number of halogens is 1. The second-order valence-electron chi connectivity index (χ2n) is 5.01. The van der Waals surface area contributed by atoms with Crippen molar-refractivity contribution in [2.24, 2.45) is 0 Å². The van der Waals surface area contributed by atoms with E-state index in [0.29, 0.717) is 24.4 Å². The number of hydrazine groups is 1. The second kappa shape index (κ2) is 7.27. The van der Waals surface area contributed by atoms with Crippen molar-refractivity contribution in [1.29, 1.82) is 0 Å². The fraction of sp³-hybridized carbons (Fsp3) is 0.375. The fourth-order valence-electron chi connectivity index (χ4n) is 2.33. The van der Waals surface area contributed by atoms with Crippen LogP contribution in [0.3, 0.4) is 0 Å². The minimum absolute atomic E-state index is 0.0243. The first-order valence-electron chi connectivity index (χ1n) is 7.17. The Morgan fingerprint density at radius 3 is 2.90 bits per heavy atom. The van der Waals surface area contributed by atoms with Crippen LogP contribution in [0.25, 0.3) is 5.57 Å². The molecule has 0 unspecified atom stereocenters. The standard InChI is InChI=1S/C16H19ClN2O2/c1-2-12(13-6-5-7-14(17)10-13)11-15(20)18-19-9-4-3-8-16(19)21/h5-7,10-11H,2-4,8-9H2,1H3,(H,18,20)/b12-11-. The SMILES string of the molecule is CC/C(=C/C(=O)NN1CCCCC1=O)c1cccc(Cl)c1. The van der Waals surface area contributed by atoms with Gasteiger partial charge in [-0.3, -0.25) is 20.0 Å². The molecule has 1 N–H and O–H groups in total. The van der Waals surface area contributed by atoms with Gasteiger partial charge in [-0.15, -0.1) is 0 Å². The van der Waals surface area contributed by atoms with E-state index < -0.39 is 0 Å². The quantitative estimate of drug-likeness (QED) is 0.869. The van der Waals surface area contributed by atoms with E-state index in [0.717, 1.165) is 24.0 Å². The first-order valence-corrected chi connectivity index (χ1v) is 7.55. The van der Waals surface area contributed by atoms with Crippen molar-refractivity contribution in [3.05, 3.63) is 40.9 Å². The molecule has 1 saturated heterocycles. The minimum atomic E-state index is -0.276. The fourth-order valence-corrected chi connectivity index (χ4v) is 2.52. The predicted octanol–water partition coefficient (Wildman–Crippen LogP) is 3.18. The summed E-state index contributed by atoms with van der Waals surface area (Å²) in [4.78, 5) is 23.7. The zero-order valence-corrected chi connectivity index (χ0v) is 12.8. The van der Waals surface area contributed by atoms with E-state index in [-0.39, 0.29) is 11.8 Å². The number of nitrogens with one attached hydrogen (secondary N) is 1. The molecule has 0 spiro atoms. The highest BCUT2D eigenvalue weighted by Gasteiger charge is 2.19. The van der Waals surface area contributed by atoms with Crippen molar-refractivity contribution < 1.29 is 9.59 Å². The Balaban J connectivity index is 2.08. The summed E-state index contributed by atoms with van der Waals surface area (Å²) in [5.41, 5.74) is 4.46.